The maximum Gasteiger partial charge on any atom is 3.00 e. The number of nitrogens with zero attached hydrogens (tertiary/aromatic N) is 4. The Morgan fingerprint density at radius 3 is 1.55 bits per heavy atom. The Labute approximate surface area is 220 Å². The minimum absolute atomic E-state index is 0. The molecule has 1 aromatic carbocycles. The molecule has 0 fully saturated rings. The summed E-state index contributed by atoms with van der Waals surface area (Å²) in [5.41, 5.74) is 0.0375. The fraction of sp³-hybridized carbons (Fsp3) is 0.364. The third kappa shape index (κ3) is 6.21. The molecule has 31 heavy (non-hydrogen) atoms. The van der Waals surface area contributed by atoms with E-state index in [1.807, 2.05) is 55.1 Å². The second-order valence-electron chi connectivity index (χ2n) is 7.00. The second-order valence-corrected chi connectivity index (χ2v) is 12.6. The zero-order chi connectivity index (χ0) is 21.7. The maximum absolute atomic E-state index is 13.0. The first-order valence-corrected chi connectivity index (χ1v) is 15.0. The van der Waals surface area contributed by atoms with Crippen LogP contribution in [-0.2, 0) is 22.4 Å². The van der Waals surface area contributed by atoms with Crippen LogP contribution in [0.5, 0.6) is 0 Å². The van der Waals surface area contributed by atoms with Crippen LogP contribution in [0.25, 0.3) is 10.8 Å². The zero-order valence-corrected chi connectivity index (χ0v) is 24.6. The van der Waals surface area contributed by atoms with Gasteiger partial charge in [-0.25, -0.2) is 0 Å². The average molecular weight is 831 g/mol. The van der Waals surface area contributed by atoms with Crippen LogP contribution >= 0.6 is 0 Å². The van der Waals surface area contributed by atoms with E-state index in [4.69, 9.17) is 0 Å². The van der Waals surface area contributed by atoms with Crippen LogP contribution in [0, 0.1) is 17.4 Å². The summed E-state index contributed by atoms with van der Waals surface area (Å²) in [4.78, 5) is 29.9. The number of rotatable bonds is 6. The van der Waals surface area contributed by atoms with Crippen molar-refractivity contribution < 1.29 is 65.3 Å². The Morgan fingerprint density at radius 2 is 1.23 bits per heavy atom. The molecule has 174 valence electrons. The first-order chi connectivity index (χ1) is 14.5. The van der Waals surface area contributed by atoms with Gasteiger partial charge >= 0.3 is 179 Å². The van der Waals surface area contributed by atoms with Crippen molar-refractivity contribution >= 4 is 10.8 Å². The minimum Gasteiger partial charge on any atom is -0.511 e. The largest absolute Gasteiger partial charge is 3.00 e. The third-order valence-corrected chi connectivity index (χ3v) is 10.5. The van der Waals surface area contributed by atoms with Crippen LogP contribution in [0.15, 0.2) is 52.6 Å². The van der Waals surface area contributed by atoms with Gasteiger partial charge in [-0.3, -0.25) is 0 Å². The molecule has 0 aromatic heterocycles. The molecule has 0 amide bonds. The third-order valence-electron chi connectivity index (χ3n) is 4.41. The summed E-state index contributed by atoms with van der Waals surface area (Å²) >= 11 is -0.564. The topological polar surface area (TPSA) is 50.5 Å². The molecular formula is C22H28AuI2N4O2-. The normalized spacial score (nSPS) is 13.2. The molecule has 6 nitrogen and oxygen atoms in total. The summed E-state index contributed by atoms with van der Waals surface area (Å²) in [6.07, 6.45) is 8.28. The summed E-state index contributed by atoms with van der Waals surface area (Å²) in [6.45, 7) is 6.33. The van der Waals surface area contributed by atoms with Gasteiger partial charge in [0.1, 0.15) is 0 Å². The van der Waals surface area contributed by atoms with E-state index in [9.17, 15) is 9.59 Å². The molecule has 2 heterocycles. The van der Waals surface area contributed by atoms with Gasteiger partial charge < -0.3 is 9.80 Å². The summed E-state index contributed by atoms with van der Waals surface area (Å²) in [6, 6.07) is 7.22. The Hall–Kier alpha value is -0.690. The van der Waals surface area contributed by atoms with Crippen LogP contribution in [-0.4, -0.2) is 38.3 Å². The van der Waals surface area contributed by atoms with Gasteiger partial charge in [0.2, 0.25) is 0 Å². The smallest absolute Gasteiger partial charge is 0.511 e. The Kier molecular flexibility index (Phi) is 10.7. The van der Waals surface area contributed by atoms with Crippen molar-refractivity contribution in [3.63, 3.8) is 0 Å². The van der Waals surface area contributed by atoms with Gasteiger partial charge in [-0.1, -0.05) is 0 Å². The van der Waals surface area contributed by atoms with Crippen molar-refractivity contribution in [2.24, 2.45) is 0 Å². The van der Waals surface area contributed by atoms with E-state index in [0.717, 1.165) is 21.7 Å². The molecule has 2 aliphatic heterocycles. The first-order valence-electron chi connectivity index (χ1n) is 10.00. The predicted molar refractivity (Wildman–Crippen MR) is 113 cm³/mol. The fourth-order valence-corrected chi connectivity index (χ4v) is 7.97. The number of benzene rings is 1. The standard InChI is InChI=1S/C17H19I2N2O2.C5H9N2.Au/c1-3-9-18-20-11-21(19-10-4-2)15-14(20)16(22)12-7-5-6-8-13(12)17(15)23;1-6-3-4-7(2)5-6;/h5-8,11H,3-4,9-10H2,1-2H3;3-5H,1-2H3;/q-3;-1;+3. The fourth-order valence-electron chi connectivity index (χ4n) is 3.06. The maximum atomic E-state index is 13.0. The van der Waals surface area contributed by atoms with E-state index in [1.165, 1.54) is 0 Å². The van der Waals surface area contributed by atoms with E-state index >= 15 is 0 Å². The number of hydrogen-bond acceptors (Lipinski definition) is 4. The van der Waals surface area contributed by atoms with Gasteiger partial charge in [-0.05, 0) is 26.5 Å². The molecule has 0 bridgehead atoms. The quantitative estimate of drug-likeness (QED) is 0.113. The van der Waals surface area contributed by atoms with E-state index in [0.29, 0.717) is 21.5 Å². The van der Waals surface area contributed by atoms with Gasteiger partial charge in [-0.15, -0.1) is 0 Å². The molecular weight excluding hydrogens is 803 g/mol. The van der Waals surface area contributed by atoms with Gasteiger partial charge in [0.05, 0.1) is 0 Å². The van der Waals surface area contributed by atoms with Gasteiger partial charge in [0.25, 0.3) is 0 Å². The number of hydrogen-bond donors (Lipinski definition) is 0. The summed E-state index contributed by atoms with van der Waals surface area (Å²) < 4.78 is 6.47. The van der Waals surface area contributed by atoms with Crippen LogP contribution in [0.2, 0.25) is 0 Å². The molecule has 3 aliphatic rings. The predicted octanol–water partition coefficient (Wildman–Crippen LogP) is -3.42. The molecule has 0 atom stereocenters. The van der Waals surface area contributed by atoms with E-state index in [1.54, 1.807) is 12.1 Å². The van der Waals surface area contributed by atoms with Crippen LogP contribution in [0.1, 0.15) is 26.7 Å². The van der Waals surface area contributed by atoms with E-state index < -0.39 is 0 Å². The van der Waals surface area contributed by atoms with Crippen molar-refractivity contribution in [3.05, 3.63) is 80.8 Å². The molecule has 0 spiro atoms. The second kappa shape index (κ2) is 12.5. The molecule has 0 saturated carbocycles. The Morgan fingerprint density at radius 1 is 0.806 bits per heavy atom. The summed E-state index contributed by atoms with van der Waals surface area (Å²) in [7, 11) is 4.00. The number of alkyl halides is 2. The number of aromatic nitrogens is 2. The average Bonchev–Trinajstić information content (AvgIpc) is 3.31. The number of fused-ring (bicyclic) bond motifs is 1. The molecule has 0 unspecified atom stereocenters. The van der Waals surface area contributed by atoms with Crippen molar-refractivity contribution in [2.45, 2.75) is 26.7 Å². The van der Waals surface area contributed by atoms with E-state index in [2.05, 4.69) is 25.7 Å². The molecule has 1 aliphatic carbocycles. The van der Waals surface area contributed by atoms with Crippen molar-refractivity contribution in [2.75, 3.05) is 23.0 Å². The molecule has 0 radical (unpaired) electrons. The van der Waals surface area contributed by atoms with Gasteiger partial charge in [0, 0.05) is 0 Å². The molecule has 0 saturated heterocycles. The molecule has 0 N–H and O–H groups in total. The van der Waals surface area contributed by atoms with Crippen LogP contribution in [0.4, 0.5) is 0 Å². The van der Waals surface area contributed by atoms with Crippen molar-refractivity contribution in [1.82, 2.24) is 15.4 Å². The Balaban J connectivity index is 0.000000364. The Bertz CT molecular complexity index is 1110. The van der Waals surface area contributed by atoms with Gasteiger partial charge in [-0.2, -0.15) is 6.67 Å². The monoisotopic (exact) mass is 831 g/mol. The van der Waals surface area contributed by atoms with Gasteiger partial charge in [0.15, 0.2) is 0 Å². The summed E-state index contributed by atoms with van der Waals surface area (Å²) in [5, 5.41) is 2.41. The first kappa shape index (κ1) is 26.6. The molecule has 4 rings (SSSR count). The van der Waals surface area contributed by atoms with Crippen molar-refractivity contribution in [1.29, 1.82) is 0 Å². The summed E-state index contributed by atoms with van der Waals surface area (Å²) in [5.74, 6) is 0. The SMILES string of the molecule is CCC[I-]n1[cH-]n([I-]CCC)c2c(=O)c3ccccc3c(=O)c1=2.CN1C=CN(C)[CH-]1.[Au+3]. The van der Waals surface area contributed by atoms with Crippen LogP contribution in [0.3, 0.4) is 0 Å². The van der Waals surface area contributed by atoms with Crippen molar-refractivity contribution in [3.8, 4) is 0 Å². The van der Waals surface area contributed by atoms with E-state index in [-0.39, 0.29) is 76.2 Å². The zero-order valence-electron chi connectivity index (χ0n) is 18.1. The molecule has 1 aromatic rings. The number of halogens is 2. The minimum atomic E-state index is -0.282. The molecule has 9 heteroatoms. The van der Waals surface area contributed by atoms with Crippen LogP contribution < -0.4 is 53.8 Å².